The zero-order valence-electron chi connectivity index (χ0n) is 12.1. The normalized spacial score (nSPS) is 28.6. The Labute approximate surface area is 110 Å². The van der Waals surface area contributed by atoms with Crippen LogP contribution in [-0.4, -0.2) is 34.6 Å². The van der Waals surface area contributed by atoms with Crippen LogP contribution in [-0.2, 0) is 18.7 Å². The topological polar surface area (TPSA) is 44.8 Å². The average molecular weight is 272 g/mol. The van der Waals surface area contributed by atoms with Crippen LogP contribution >= 0.6 is 0 Å². The minimum absolute atomic E-state index is 0.166. The lowest BCUT2D eigenvalue weighted by Crippen LogP contribution is -2.39. The summed E-state index contributed by atoms with van der Waals surface area (Å²) in [5.74, 6) is 0.666. The highest BCUT2D eigenvalue weighted by Crippen LogP contribution is 2.33. The Hall–Kier alpha value is -0.813. The van der Waals surface area contributed by atoms with E-state index in [0.717, 1.165) is 12.2 Å². The molecule has 0 aromatic carbocycles. The fourth-order valence-electron chi connectivity index (χ4n) is 2.31. The third-order valence-electron chi connectivity index (χ3n) is 3.02. The largest absolute Gasteiger partial charge is 0.547 e. The van der Waals surface area contributed by atoms with E-state index in [0.29, 0.717) is 0 Å². The van der Waals surface area contributed by atoms with Crippen molar-refractivity contribution in [2.75, 3.05) is 14.2 Å². The van der Waals surface area contributed by atoms with Crippen molar-refractivity contribution >= 4 is 14.3 Å². The molecule has 18 heavy (non-hydrogen) atoms. The van der Waals surface area contributed by atoms with E-state index < -0.39 is 8.32 Å². The second-order valence-corrected chi connectivity index (χ2v) is 10.2. The molecule has 0 saturated heterocycles. The van der Waals surface area contributed by atoms with Gasteiger partial charge in [0, 0.05) is 13.5 Å². The number of carbonyl (C=O) groups excluding carboxylic acids is 1. The Kier molecular flexibility index (Phi) is 4.98. The molecular formula is C13H24O4Si. The van der Waals surface area contributed by atoms with Gasteiger partial charge in [0.1, 0.15) is 0 Å². The molecule has 1 aliphatic rings. The molecule has 0 aromatic rings. The van der Waals surface area contributed by atoms with Crippen LogP contribution in [0.3, 0.4) is 0 Å². The van der Waals surface area contributed by atoms with Crippen molar-refractivity contribution in [3.8, 4) is 0 Å². The van der Waals surface area contributed by atoms with Crippen LogP contribution < -0.4 is 0 Å². The zero-order valence-corrected chi connectivity index (χ0v) is 13.1. The lowest BCUT2D eigenvalue weighted by Gasteiger charge is -2.34. The summed E-state index contributed by atoms with van der Waals surface area (Å²) in [6.07, 6.45) is 2.44. The van der Waals surface area contributed by atoms with Crippen molar-refractivity contribution in [3.05, 3.63) is 11.8 Å². The molecule has 1 aliphatic carbocycles. The third kappa shape index (κ3) is 3.85. The van der Waals surface area contributed by atoms with E-state index in [1.54, 1.807) is 7.11 Å². The lowest BCUT2D eigenvalue weighted by atomic mass is 9.81. The maximum Gasteiger partial charge on any atom is 0.311 e. The van der Waals surface area contributed by atoms with Gasteiger partial charge in [-0.3, -0.25) is 4.79 Å². The van der Waals surface area contributed by atoms with Crippen LogP contribution in [0, 0.1) is 11.8 Å². The van der Waals surface area contributed by atoms with Gasteiger partial charge in [0.15, 0.2) is 0 Å². The number of hydrogen-bond acceptors (Lipinski definition) is 4. The first-order valence-electron chi connectivity index (χ1n) is 6.29. The predicted octanol–water partition coefficient (Wildman–Crippen LogP) is 2.57. The van der Waals surface area contributed by atoms with E-state index in [1.165, 1.54) is 7.11 Å². The van der Waals surface area contributed by atoms with Gasteiger partial charge >= 0.3 is 5.97 Å². The van der Waals surface area contributed by atoms with E-state index in [9.17, 15) is 4.79 Å². The molecule has 0 spiro atoms. The van der Waals surface area contributed by atoms with Gasteiger partial charge in [0.25, 0.3) is 0 Å². The average Bonchev–Trinajstić information content (AvgIpc) is 2.24. The number of esters is 1. The second-order valence-electron chi connectivity index (χ2n) is 5.78. The summed E-state index contributed by atoms with van der Waals surface area (Å²) in [6, 6.07) is 0. The van der Waals surface area contributed by atoms with Crippen molar-refractivity contribution < 1.29 is 18.7 Å². The highest BCUT2D eigenvalue weighted by molar-refractivity contribution is 6.70. The zero-order chi connectivity index (χ0) is 13.9. The summed E-state index contributed by atoms with van der Waals surface area (Å²) in [5, 5.41) is 0. The van der Waals surface area contributed by atoms with Gasteiger partial charge in [-0.2, -0.15) is 0 Å². The van der Waals surface area contributed by atoms with E-state index in [1.807, 2.05) is 13.0 Å². The number of methoxy groups -OCH3 is 2. The van der Waals surface area contributed by atoms with E-state index >= 15 is 0 Å². The molecule has 0 fully saturated rings. The molecule has 0 unspecified atom stereocenters. The first kappa shape index (κ1) is 15.2. The molecule has 0 aliphatic heterocycles. The number of allylic oxidation sites excluding steroid dienone is 1. The van der Waals surface area contributed by atoms with Crippen LogP contribution in [0.4, 0.5) is 0 Å². The van der Waals surface area contributed by atoms with Crippen LogP contribution in [0.25, 0.3) is 0 Å². The minimum Gasteiger partial charge on any atom is -0.547 e. The number of ether oxygens (including phenoxy) is 2. The molecule has 0 heterocycles. The van der Waals surface area contributed by atoms with E-state index in [4.69, 9.17) is 13.9 Å². The molecule has 1 rings (SSSR count). The van der Waals surface area contributed by atoms with Crippen molar-refractivity contribution in [3.63, 3.8) is 0 Å². The SMILES string of the molecule is COC(=O)[C@H]1[C@@H](OC)C=C(O[Si](C)(C)C)C[C@@H]1C. The molecule has 0 radical (unpaired) electrons. The highest BCUT2D eigenvalue weighted by atomic mass is 28.4. The molecule has 0 aromatic heterocycles. The smallest absolute Gasteiger partial charge is 0.311 e. The lowest BCUT2D eigenvalue weighted by molar-refractivity contribution is -0.152. The summed E-state index contributed by atoms with van der Waals surface area (Å²) in [7, 11) is 1.41. The van der Waals surface area contributed by atoms with Gasteiger partial charge in [-0.05, 0) is 31.6 Å². The Morgan fingerprint density at radius 1 is 1.33 bits per heavy atom. The van der Waals surface area contributed by atoms with Crippen molar-refractivity contribution in [2.45, 2.75) is 39.1 Å². The molecule has 3 atom stereocenters. The summed E-state index contributed by atoms with van der Waals surface area (Å²) < 4.78 is 16.3. The van der Waals surface area contributed by atoms with Crippen LogP contribution in [0.1, 0.15) is 13.3 Å². The number of rotatable bonds is 4. The fourth-order valence-corrected chi connectivity index (χ4v) is 3.25. The standard InChI is InChI=1S/C13H24O4Si/c1-9-7-10(17-18(4,5)6)8-11(15-2)12(9)13(14)16-3/h8-9,11-12H,7H2,1-6H3/t9-,11-,12+/m0/s1. The summed E-state index contributed by atoms with van der Waals surface area (Å²) in [6.45, 7) is 8.47. The number of hydrogen-bond donors (Lipinski definition) is 0. The van der Waals surface area contributed by atoms with Gasteiger partial charge in [-0.1, -0.05) is 6.92 Å². The summed E-state index contributed by atoms with van der Waals surface area (Å²) >= 11 is 0. The molecule has 0 saturated carbocycles. The molecule has 0 bridgehead atoms. The maximum atomic E-state index is 11.8. The quantitative estimate of drug-likeness (QED) is 0.583. The molecule has 0 amide bonds. The fraction of sp³-hybridized carbons (Fsp3) is 0.769. The molecule has 5 heteroatoms. The van der Waals surface area contributed by atoms with Gasteiger partial charge in [0.2, 0.25) is 8.32 Å². The van der Waals surface area contributed by atoms with Gasteiger partial charge < -0.3 is 13.9 Å². The predicted molar refractivity (Wildman–Crippen MR) is 72.6 cm³/mol. The van der Waals surface area contributed by atoms with Crippen molar-refractivity contribution in [2.24, 2.45) is 11.8 Å². The second kappa shape index (κ2) is 5.89. The Balaban J connectivity index is 2.89. The van der Waals surface area contributed by atoms with E-state index in [-0.39, 0.29) is 23.9 Å². The molecule has 104 valence electrons. The number of carbonyl (C=O) groups is 1. The first-order valence-corrected chi connectivity index (χ1v) is 9.69. The van der Waals surface area contributed by atoms with Crippen LogP contribution in [0.15, 0.2) is 11.8 Å². The first-order chi connectivity index (χ1) is 8.28. The van der Waals surface area contributed by atoms with Crippen LogP contribution in [0.5, 0.6) is 0 Å². The third-order valence-corrected chi connectivity index (χ3v) is 3.90. The minimum atomic E-state index is -1.61. The van der Waals surface area contributed by atoms with Crippen molar-refractivity contribution in [1.82, 2.24) is 0 Å². The molecule has 4 nitrogen and oxygen atoms in total. The van der Waals surface area contributed by atoms with E-state index in [2.05, 4.69) is 19.6 Å². The Morgan fingerprint density at radius 3 is 2.39 bits per heavy atom. The highest BCUT2D eigenvalue weighted by Gasteiger charge is 2.38. The summed E-state index contributed by atoms with van der Waals surface area (Å²) in [5.41, 5.74) is 0. The Morgan fingerprint density at radius 2 is 1.94 bits per heavy atom. The summed E-state index contributed by atoms with van der Waals surface area (Å²) in [4.78, 5) is 11.8. The van der Waals surface area contributed by atoms with Crippen LogP contribution in [0.2, 0.25) is 19.6 Å². The molecule has 0 N–H and O–H groups in total. The monoisotopic (exact) mass is 272 g/mol. The maximum absolute atomic E-state index is 11.8. The Bertz CT molecular complexity index is 332. The van der Waals surface area contributed by atoms with Gasteiger partial charge in [0.05, 0.1) is 24.9 Å². The van der Waals surface area contributed by atoms with Gasteiger partial charge in [-0.15, -0.1) is 0 Å². The molecular weight excluding hydrogens is 248 g/mol. The van der Waals surface area contributed by atoms with Crippen molar-refractivity contribution in [1.29, 1.82) is 0 Å². The van der Waals surface area contributed by atoms with Gasteiger partial charge in [-0.25, -0.2) is 0 Å².